The molecule has 1 aromatic carbocycles. The van der Waals surface area contributed by atoms with Crippen molar-refractivity contribution >= 4 is 28.2 Å². The molecule has 4 heteroatoms. The smallest absolute Gasteiger partial charge is 0.0948 e. The molecule has 1 aliphatic rings. The number of benzene rings is 1. The summed E-state index contributed by atoms with van der Waals surface area (Å²) in [6, 6.07) is 7.81. The van der Waals surface area contributed by atoms with E-state index in [4.69, 9.17) is 16.3 Å². The molecule has 2 heterocycles. The lowest BCUT2D eigenvalue weighted by molar-refractivity contribution is 0.107. The molecule has 3 rings (SSSR count). The summed E-state index contributed by atoms with van der Waals surface area (Å²) in [6.45, 7) is 1.81. The summed E-state index contributed by atoms with van der Waals surface area (Å²) in [6.07, 6.45) is 5.62. The molecule has 1 N–H and O–H groups in total. The molecular weight excluding hydrogens is 260 g/mol. The quantitative estimate of drug-likeness (QED) is 0.920. The molecule has 0 aliphatic carbocycles. The first-order valence-electron chi connectivity index (χ1n) is 6.73. The van der Waals surface area contributed by atoms with E-state index in [1.807, 2.05) is 24.3 Å². The minimum atomic E-state index is 0.416. The van der Waals surface area contributed by atoms with Crippen molar-refractivity contribution in [1.82, 2.24) is 4.98 Å². The van der Waals surface area contributed by atoms with Crippen molar-refractivity contribution in [1.29, 1.82) is 0 Å². The lowest BCUT2D eigenvalue weighted by Gasteiger charge is -2.12. The van der Waals surface area contributed by atoms with Crippen molar-refractivity contribution in [2.24, 2.45) is 0 Å². The average molecular weight is 277 g/mol. The summed E-state index contributed by atoms with van der Waals surface area (Å²) in [7, 11) is 0. The van der Waals surface area contributed by atoms with Gasteiger partial charge in [0.2, 0.25) is 0 Å². The molecule has 0 saturated carbocycles. The molecule has 0 amide bonds. The standard InChI is InChI=1S/C15H17ClN2O/c16-13-5-6-14(15-12(13)4-1-8-18-15)17-9-7-11-3-2-10-19-11/h1,4-6,8,11,17H,2-3,7,9-10H2. The van der Waals surface area contributed by atoms with Gasteiger partial charge in [0.05, 0.1) is 22.3 Å². The summed E-state index contributed by atoms with van der Waals surface area (Å²) < 4.78 is 5.62. The maximum atomic E-state index is 6.18. The van der Waals surface area contributed by atoms with Crippen LogP contribution in [0, 0.1) is 0 Å². The van der Waals surface area contributed by atoms with Crippen LogP contribution in [0.3, 0.4) is 0 Å². The van der Waals surface area contributed by atoms with Gasteiger partial charge in [0.25, 0.3) is 0 Å². The van der Waals surface area contributed by atoms with E-state index in [9.17, 15) is 0 Å². The first-order chi connectivity index (χ1) is 9.34. The predicted molar refractivity (Wildman–Crippen MR) is 78.8 cm³/mol. The first kappa shape index (κ1) is 12.7. The van der Waals surface area contributed by atoms with Gasteiger partial charge in [-0.2, -0.15) is 0 Å². The lowest BCUT2D eigenvalue weighted by Crippen LogP contribution is -2.12. The van der Waals surface area contributed by atoms with Gasteiger partial charge in [-0.15, -0.1) is 0 Å². The van der Waals surface area contributed by atoms with Crippen LogP contribution in [0.5, 0.6) is 0 Å². The summed E-state index contributed by atoms with van der Waals surface area (Å²) >= 11 is 6.18. The van der Waals surface area contributed by atoms with Crippen molar-refractivity contribution in [3.8, 4) is 0 Å². The van der Waals surface area contributed by atoms with Crippen molar-refractivity contribution in [2.45, 2.75) is 25.4 Å². The lowest BCUT2D eigenvalue weighted by atomic mass is 10.1. The second-order valence-electron chi connectivity index (χ2n) is 4.84. The molecule has 0 bridgehead atoms. The molecule has 1 aliphatic heterocycles. The SMILES string of the molecule is Clc1ccc(NCCC2CCCO2)c2ncccc12. The molecular formula is C15H17ClN2O. The van der Waals surface area contributed by atoms with Crippen LogP contribution in [0.4, 0.5) is 5.69 Å². The van der Waals surface area contributed by atoms with Crippen LogP contribution in [0.25, 0.3) is 10.9 Å². The Morgan fingerprint density at radius 3 is 3.16 bits per heavy atom. The van der Waals surface area contributed by atoms with Gasteiger partial charge in [-0.05, 0) is 43.5 Å². The van der Waals surface area contributed by atoms with Crippen LogP contribution >= 0.6 is 11.6 Å². The highest BCUT2D eigenvalue weighted by Gasteiger charge is 2.14. The van der Waals surface area contributed by atoms with Crippen LogP contribution in [-0.2, 0) is 4.74 Å². The largest absolute Gasteiger partial charge is 0.383 e. The minimum Gasteiger partial charge on any atom is -0.383 e. The number of fused-ring (bicyclic) bond motifs is 1. The van der Waals surface area contributed by atoms with E-state index in [-0.39, 0.29) is 0 Å². The molecule has 19 heavy (non-hydrogen) atoms. The van der Waals surface area contributed by atoms with E-state index in [0.29, 0.717) is 6.10 Å². The van der Waals surface area contributed by atoms with E-state index < -0.39 is 0 Å². The van der Waals surface area contributed by atoms with Gasteiger partial charge in [-0.1, -0.05) is 11.6 Å². The summed E-state index contributed by atoms with van der Waals surface area (Å²) in [5.74, 6) is 0. The van der Waals surface area contributed by atoms with Gasteiger partial charge < -0.3 is 10.1 Å². The van der Waals surface area contributed by atoms with Crippen LogP contribution in [0.15, 0.2) is 30.5 Å². The zero-order valence-electron chi connectivity index (χ0n) is 10.7. The fraction of sp³-hybridized carbons (Fsp3) is 0.400. The number of ether oxygens (including phenoxy) is 1. The molecule has 1 unspecified atom stereocenters. The third kappa shape index (κ3) is 2.82. The zero-order valence-corrected chi connectivity index (χ0v) is 11.5. The third-order valence-corrected chi connectivity index (χ3v) is 3.85. The normalized spacial score (nSPS) is 18.9. The van der Waals surface area contributed by atoms with E-state index in [0.717, 1.165) is 41.2 Å². The second kappa shape index (κ2) is 5.76. The number of hydrogen-bond acceptors (Lipinski definition) is 3. The van der Waals surface area contributed by atoms with Crippen LogP contribution < -0.4 is 5.32 Å². The number of hydrogen-bond donors (Lipinski definition) is 1. The molecule has 1 fully saturated rings. The highest BCUT2D eigenvalue weighted by Crippen LogP contribution is 2.28. The average Bonchev–Trinajstić information content (AvgIpc) is 2.95. The number of aromatic nitrogens is 1. The van der Waals surface area contributed by atoms with E-state index in [1.165, 1.54) is 12.8 Å². The molecule has 2 aromatic rings. The molecule has 1 atom stereocenters. The molecule has 1 saturated heterocycles. The van der Waals surface area contributed by atoms with Gasteiger partial charge in [0.1, 0.15) is 0 Å². The number of halogens is 1. The van der Waals surface area contributed by atoms with Crippen molar-refractivity contribution in [2.75, 3.05) is 18.5 Å². The Hall–Kier alpha value is -1.32. The number of pyridine rings is 1. The Kier molecular flexibility index (Phi) is 3.85. The molecule has 3 nitrogen and oxygen atoms in total. The fourth-order valence-corrected chi connectivity index (χ4v) is 2.74. The zero-order chi connectivity index (χ0) is 13.1. The summed E-state index contributed by atoms with van der Waals surface area (Å²) in [5.41, 5.74) is 1.97. The minimum absolute atomic E-state index is 0.416. The van der Waals surface area contributed by atoms with Crippen molar-refractivity contribution in [3.63, 3.8) is 0 Å². The fourth-order valence-electron chi connectivity index (χ4n) is 2.52. The predicted octanol–water partition coefficient (Wildman–Crippen LogP) is 3.87. The topological polar surface area (TPSA) is 34.1 Å². The number of rotatable bonds is 4. The Morgan fingerprint density at radius 1 is 1.37 bits per heavy atom. The number of nitrogens with one attached hydrogen (secondary N) is 1. The van der Waals surface area contributed by atoms with Gasteiger partial charge in [-0.25, -0.2) is 0 Å². The van der Waals surface area contributed by atoms with Crippen LogP contribution in [0.2, 0.25) is 5.02 Å². The van der Waals surface area contributed by atoms with Crippen molar-refractivity contribution < 1.29 is 4.74 Å². The Labute approximate surface area is 117 Å². The van der Waals surface area contributed by atoms with Crippen molar-refractivity contribution in [3.05, 3.63) is 35.5 Å². The Balaban J connectivity index is 1.72. The van der Waals surface area contributed by atoms with E-state index in [2.05, 4.69) is 10.3 Å². The van der Waals surface area contributed by atoms with E-state index in [1.54, 1.807) is 6.20 Å². The summed E-state index contributed by atoms with van der Waals surface area (Å²) in [5, 5.41) is 5.18. The van der Waals surface area contributed by atoms with Gasteiger partial charge in [0.15, 0.2) is 0 Å². The second-order valence-corrected chi connectivity index (χ2v) is 5.25. The number of nitrogens with zero attached hydrogens (tertiary/aromatic N) is 1. The Bertz CT molecular complexity index is 567. The molecule has 0 radical (unpaired) electrons. The number of anilines is 1. The van der Waals surface area contributed by atoms with E-state index >= 15 is 0 Å². The first-order valence-corrected chi connectivity index (χ1v) is 7.11. The maximum absolute atomic E-state index is 6.18. The summed E-state index contributed by atoms with van der Waals surface area (Å²) in [4.78, 5) is 4.41. The van der Waals surface area contributed by atoms with Gasteiger partial charge >= 0.3 is 0 Å². The van der Waals surface area contributed by atoms with Crippen LogP contribution in [0.1, 0.15) is 19.3 Å². The van der Waals surface area contributed by atoms with Gasteiger partial charge in [-0.3, -0.25) is 4.98 Å². The maximum Gasteiger partial charge on any atom is 0.0948 e. The molecule has 1 aromatic heterocycles. The Morgan fingerprint density at radius 2 is 2.32 bits per heavy atom. The van der Waals surface area contributed by atoms with Crippen LogP contribution in [-0.4, -0.2) is 24.2 Å². The molecule has 100 valence electrons. The highest BCUT2D eigenvalue weighted by molar-refractivity contribution is 6.35. The molecule has 0 spiro atoms. The van der Waals surface area contributed by atoms with Gasteiger partial charge in [0, 0.05) is 24.7 Å². The monoisotopic (exact) mass is 276 g/mol. The highest BCUT2D eigenvalue weighted by atomic mass is 35.5. The third-order valence-electron chi connectivity index (χ3n) is 3.52.